The highest BCUT2D eigenvalue weighted by Gasteiger charge is 2.03. The van der Waals surface area contributed by atoms with Gasteiger partial charge in [-0.05, 0) is 42.0 Å². The van der Waals surface area contributed by atoms with Crippen LogP contribution in [0.1, 0.15) is 12.0 Å². The maximum Gasteiger partial charge on any atom is 0.319 e. The molecule has 0 radical (unpaired) electrons. The van der Waals surface area contributed by atoms with Crippen molar-refractivity contribution in [2.75, 3.05) is 11.9 Å². The smallest absolute Gasteiger partial charge is 0.319 e. The van der Waals surface area contributed by atoms with Crippen LogP contribution in [0.25, 0.3) is 0 Å². The lowest BCUT2D eigenvalue weighted by molar-refractivity contribution is -0.118. The molecule has 0 fully saturated rings. The molecule has 126 valence electrons. The topological polar surface area (TPSA) is 93.5 Å². The lowest BCUT2D eigenvalue weighted by Gasteiger charge is -2.09. The van der Waals surface area contributed by atoms with E-state index in [0.717, 1.165) is 5.56 Å². The first-order valence-electron chi connectivity index (χ1n) is 7.33. The molecule has 0 aliphatic heterocycles. The van der Waals surface area contributed by atoms with Crippen LogP contribution in [0, 0.1) is 0 Å². The average molecular weight is 348 g/mol. The summed E-state index contributed by atoms with van der Waals surface area (Å²) >= 11 is 5.81. The van der Waals surface area contributed by atoms with Crippen LogP contribution in [0.3, 0.4) is 0 Å². The highest BCUT2D eigenvalue weighted by molar-refractivity contribution is 6.30. The number of urea groups is 1. The van der Waals surface area contributed by atoms with Gasteiger partial charge in [0.05, 0.1) is 13.0 Å². The van der Waals surface area contributed by atoms with Crippen molar-refractivity contribution in [1.82, 2.24) is 5.32 Å². The van der Waals surface area contributed by atoms with Crippen LogP contribution < -0.4 is 21.1 Å². The van der Waals surface area contributed by atoms with Crippen LogP contribution in [-0.2, 0) is 11.3 Å². The average Bonchev–Trinajstić information content (AvgIpc) is 2.56. The van der Waals surface area contributed by atoms with Gasteiger partial charge in [0.15, 0.2) is 0 Å². The molecule has 0 saturated heterocycles. The summed E-state index contributed by atoms with van der Waals surface area (Å²) in [5.74, 6) is 0.189. The summed E-state index contributed by atoms with van der Waals surface area (Å²) in [6.45, 7) is 0.626. The van der Waals surface area contributed by atoms with Crippen molar-refractivity contribution in [2.45, 2.75) is 13.0 Å². The normalized spacial score (nSPS) is 10.0. The number of carbonyl (C=O) groups is 2. The second-order valence-electron chi connectivity index (χ2n) is 5.02. The molecule has 2 aromatic rings. The van der Waals surface area contributed by atoms with Crippen molar-refractivity contribution in [3.05, 3.63) is 59.1 Å². The van der Waals surface area contributed by atoms with E-state index in [9.17, 15) is 9.59 Å². The lowest BCUT2D eigenvalue weighted by atomic mass is 10.2. The maximum atomic E-state index is 11.9. The van der Waals surface area contributed by atoms with Crippen LogP contribution in [0.5, 0.6) is 5.75 Å². The van der Waals surface area contributed by atoms with E-state index in [-0.39, 0.29) is 19.1 Å². The summed E-state index contributed by atoms with van der Waals surface area (Å²) in [7, 11) is 0. The van der Waals surface area contributed by atoms with Crippen LogP contribution in [0.15, 0.2) is 48.5 Å². The Kier molecular flexibility index (Phi) is 6.45. The Hall–Kier alpha value is -2.73. The number of hydrogen-bond acceptors (Lipinski definition) is 3. The summed E-state index contributed by atoms with van der Waals surface area (Å²) in [4.78, 5) is 22.5. The van der Waals surface area contributed by atoms with Crippen molar-refractivity contribution in [3.8, 4) is 5.75 Å². The van der Waals surface area contributed by atoms with Crippen molar-refractivity contribution in [3.63, 3.8) is 0 Å². The molecule has 0 saturated carbocycles. The Morgan fingerprint density at radius 1 is 1.04 bits per heavy atom. The Morgan fingerprint density at radius 3 is 2.33 bits per heavy atom. The second-order valence-corrected chi connectivity index (χ2v) is 5.46. The third kappa shape index (κ3) is 6.18. The third-order valence-electron chi connectivity index (χ3n) is 3.10. The SMILES string of the molecule is NC(=O)CCOc1ccc(NC(=O)NCc2ccc(Cl)cc2)cc1. The standard InChI is InChI=1S/C17H18ClN3O3/c18-13-3-1-12(2-4-13)11-20-17(23)21-14-5-7-15(8-6-14)24-10-9-16(19)22/h1-8H,9-11H2,(H2,19,22)(H2,20,21,23). The monoisotopic (exact) mass is 347 g/mol. The number of halogens is 1. The quantitative estimate of drug-likeness (QED) is 0.718. The molecule has 0 aliphatic rings. The molecular weight excluding hydrogens is 330 g/mol. The molecule has 2 rings (SSSR count). The summed E-state index contributed by atoms with van der Waals surface area (Å²) in [6.07, 6.45) is 0.160. The number of ether oxygens (including phenoxy) is 1. The second kappa shape index (κ2) is 8.79. The predicted molar refractivity (Wildman–Crippen MR) is 93.1 cm³/mol. The van der Waals surface area contributed by atoms with Gasteiger partial charge in [-0.3, -0.25) is 4.79 Å². The largest absolute Gasteiger partial charge is 0.493 e. The molecule has 0 heterocycles. The van der Waals surface area contributed by atoms with Gasteiger partial charge in [-0.25, -0.2) is 4.79 Å². The molecule has 0 aromatic heterocycles. The molecule has 4 N–H and O–H groups in total. The number of anilines is 1. The first-order chi connectivity index (χ1) is 11.5. The number of amides is 3. The molecule has 6 nitrogen and oxygen atoms in total. The Bertz CT molecular complexity index is 687. The number of nitrogens with two attached hydrogens (primary N) is 1. The summed E-state index contributed by atoms with van der Waals surface area (Å²) in [5.41, 5.74) is 6.62. The van der Waals surface area contributed by atoms with Gasteiger partial charge in [-0.1, -0.05) is 23.7 Å². The van der Waals surface area contributed by atoms with Crippen LogP contribution in [0.4, 0.5) is 10.5 Å². The van der Waals surface area contributed by atoms with E-state index in [2.05, 4.69) is 10.6 Å². The van der Waals surface area contributed by atoms with Gasteiger partial charge >= 0.3 is 6.03 Å². The van der Waals surface area contributed by atoms with E-state index in [0.29, 0.717) is 23.0 Å². The first-order valence-corrected chi connectivity index (χ1v) is 7.71. The third-order valence-corrected chi connectivity index (χ3v) is 3.35. The summed E-state index contributed by atoms with van der Waals surface area (Å²) in [5, 5.41) is 6.13. The number of carbonyl (C=O) groups excluding carboxylic acids is 2. The van der Waals surface area contributed by atoms with Gasteiger partial charge in [0.1, 0.15) is 5.75 Å². The minimum Gasteiger partial charge on any atom is -0.493 e. The fourth-order valence-electron chi connectivity index (χ4n) is 1.86. The first kappa shape index (κ1) is 17.6. The van der Waals surface area contributed by atoms with Gasteiger partial charge in [-0.2, -0.15) is 0 Å². The minimum absolute atomic E-state index is 0.160. The molecule has 24 heavy (non-hydrogen) atoms. The van der Waals surface area contributed by atoms with Crippen molar-refractivity contribution < 1.29 is 14.3 Å². The molecular formula is C17H18ClN3O3. The zero-order valence-electron chi connectivity index (χ0n) is 12.9. The minimum atomic E-state index is -0.411. The molecule has 7 heteroatoms. The fourth-order valence-corrected chi connectivity index (χ4v) is 1.99. The van der Waals surface area contributed by atoms with Gasteiger partial charge in [0.25, 0.3) is 0 Å². The fraction of sp³-hybridized carbons (Fsp3) is 0.176. The zero-order chi connectivity index (χ0) is 17.4. The van der Waals surface area contributed by atoms with Gasteiger partial charge < -0.3 is 21.1 Å². The number of benzene rings is 2. The number of hydrogen-bond donors (Lipinski definition) is 3. The van der Waals surface area contributed by atoms with E-state index in [1.165, 1.54) is 0 Å². The molecule has 3 amide bonds. The van der Waals surface area contributed by atoms with Crippen molar-refractivity contribution in [2.24, 2.45) is 5.73 Å². The highest BCUT2D eigenvalue weighted by Crippen LogP contribution is 2.16. The number of nitrogens with one attached hydrogen (secondary N) is 2. The Labute approximate surface area is 144 Å². The van der Waals surface area contributed by atoms with E-state index < -0.39 is 5.91 Å². The van der Waals surface area contributed by atoms with Crippen molar-refractivity contribution in [1.29, 1.82) is 0 Å². The van der Waals surface area contributed by atoms with E-state index in [1.807, 2.05) is 12.1 Å². The van der Waals surface area contributed by atoms with Crippen LogP contribution in [0.2, 0.25) is 5.02 Å². The Morgan fingerprint density at radius 2 is 1.71 bits per heavy atom. The lowest BCUT2D eigenvalue weighted by Crippen LogP contribution is -2.28. The van der Waals surface area contributed by atoms with Crippen molar-refractivity contribution >= 4 is 29.2 Å². The molecule has 2 aromatic carbocycles. The molecule has 0 bridgehead atoms. The molecule has 0 unspecified atom stereocenters. The van der Waals surface area contributed by atoms with E-state index >= 15 is 0 Å². The van der Waals surface area contributed by atoms with Gasteiger partial charge in [0, 0.05) is 17.3 Å². The number of rotatable bonds is 7. The van der Waals surface area contributed by atoms with Crippen LogP contribution >= 0.6 is 11.6 Å². The van der Waals surface area contributed by atoms with Gasteiger partial charge in [-0.15, -0.1) is 0 Å². The zero-order valence-corrected chi connectivity index (χ0v) is 13.7. The summed E-state index contributed by atoms with van der Waals surface area (Å²) < 4.78 is 5.35. The molecule has 0 spiro atoms. The predicted octanol–water partition coefficient (Wildman–Crippen LogP) is 2.92. The number of primary amides is 1. The van der Waals surface area contributed by atoms with E-state index in [1.54, 1.807) is 36.4 Å². The summed E-state index contributed by atoms with van der Waals surface area (Å²) in [6, 6.07) is 13.8. The van der Waals surface area contributed by atoms with Crippen LogP contribution in [-0.4, -0.2) is 18.5 Å². The Balaban J connectivity index is 1.77. The van der Waals surface area contributed by atoms with Gasteiger partial charge in [0.2, 0.25) is 5.91 Å². The maximum absolute atomic E-state index is 11.9. The molecule has 0 atom stereocenters. The van der Waals surface area contributed by atoms with E-state index in [4.69, 9.17) is 22.1 Å². The highest BCUT2D eigenvalue weighted by atomic mass is 35.5. The molecule has 0 aliphatic carbocycles.